The van der Waals surface area contributed by atoms with Crippen LogP contribution in [0.1, 0.15) is 21.5 Å². The van der Waals surface area contributed by atoms with Crippen LogP contribution in [0.5, 0.6) is 0 Å². The maximum absolute atomic E-state index is 13.3. The van der Waals surface area contributed by atoms with Crippen molar-refractivity contribution in [3.63, 3.8) is 0 Å². The van der Waals surface area contributed by atoms with Crippen molar-refractivity contribution < 1.29 is 4.79 Å². The number of ketones is 1. The zero-order valence-electron chi connectivity index (χ0n) is 14.7. The molecule has 132 valence electrons. The van der Waals surface area contributed by atoms with Crippen LogP contribution >= 0.6 is 15.9 Å². The highest BCUT2D eigenvalue weighted by atomic mass is 79.9. The van der Waals surface area contributed by atoms with Gasteiger partial charge in [0.15, 0.2) is 5.78 Å². The number of halogens is 1. The van der Waals surface area contributed by atoms with Crippen molar-refractivity contribution in [1.29, 1.82) is 0 Å². The molecule has 3 nitrogen and oxygen atoms in total. The molecular weight excluding hydrogens is 400 g/mol. The Morgan fingerprint density at radius 3 is 2.30 bits per heavy atom. The van der Waals surface area contributed by atoms with Crippen LogP contribution in [0.25, 0.3) is 22.2 Å². The Morgan fingerprint density at radius 2 is 1.59 bits per heavy atom. The summed E-state index contributed by atoms with van der Waals surface area (Å²) >= 11 is 3.41. The van der Waals surface area contributed by atoms with Gasteiger partial charge in [-0.3, -0.25) is 4.79 Å². The molecule has 4 rings (SSSR count). The van der Waals surface area contributed by atoms with Gasteiger partial charge in [0.1, 0.15) is 0 Å². The second kappa shape index (κ2) is 6.97. The number of para-hydroxylation sites is 1. The van der Waals surface area contributed by atoms with E-state index >= 15 is 0 Å². The van der Waals surface area contributed by atoms with Gasteiger partial charge in [0.05, 0.1) is 22.5 Å². The number of hydrogen-bond donors (Lipinski definition) is 1. The number of aryl methyl sites for hydroxylation is 1. The lowest BCUT2D eigenvalue weighted by Crippen LogP contribution is -2.10. The topological polar surface area (TPSA) is 56.0 Å². The van der Waals surface area contributed by atoms with Gasteiger partial charge >= 0.3 is 0 Å². The molecule has 0 aliphatic carbocycles. The number of nitrogens with two attached hydrogens (primary N) is 1. The molecule has 1 aromatic heterocycles. The van der Waals surface area contributed by atoms with E-state index in [-0.39, 0.29) is 5.78 Å². The summed E-state index contributed by atoms with van der Waals surface area (Å²) in [5, 5.41) is 0.786. The van der Waals surface area contributed by atoms with E-state index in [1.165, 1.54) is 0 Å². The molecule has 27 heavy (non-hydrogen) atoms. The fraction of sp³-hybridized carbons (Fsp3) is 0.0435. The van der Waals surface area contributed by atoms with E-state index in [0.29, 0.717) is 22.5 Å². The molecule has 0 atom stereocenters. The molecule has 0 unspecified atom stereocenters. The van der Waals surface area contributed by atoms with Crippen molar-refractivity contribution in [3.05, 3.63) is 94.0 Å². The normalized spacial score (nSPS) is 10.9. The van der Waals surface area contributed by atoms with E-state index in [1.807, 2.05) is 67.6 Å². The summed E-state index contributed by atoms with van der Waals surface area (Å²) in [5.41, 5.74) is 11.4. The SMILES string of the molecule is Cc1ccc(-c2nc3ccccc3c(N)c2C(=O)c2ccc(Br)cc2)cc1. The van der Waals surface area contributed by atoms with Crippen LogP contribution in [0.2, 0.25) is 0 Å². The Morgan fingerprint density at radius 1 is 0.926 bits per heavy atom. The predicted octanol–water partition coefficient (Wildman–Crippen LogP) is 5.79. The summed E-state index contributed by atoms with van der Waals surface area (Å²) in [4.78, 5) is 18.1. The maximum Gasteiger partial charge on any atom is 0.197 e. The number of hydrogen-bond acceptors (Lipinski definition) is 3. The Hall–Kier alpha value is -2.98. The smallest absolute Gasteiger partial charge is 0.197 e. The quantitative estimate of drug-likeness (QED) is 0.430. The molecular formula is C23H17BrN2O. The van der Waals surface area contributed by atoms with Gasteiger partial charge in [-0.05, 0) is 37.3 Å². The zero-order valence-corrected chi connectivity index (χ0v) is 16.3. The highest BCUT2D eigenvalue weighted by Gasteiger charge is 2.22. The molecule has 0 radical (unpaired) electrons. The van der Waals surface area contributed by atoms with Crippen LogP contribution < -0.4 is 5.73 Å². The summed E-state index contributed by atoms with van der Waals surface area (Å²) in [6.45, 7) is 2.03. The largest absolute Gasteiger partial charge is 0.398 e. The molecule has 0 amide bonds. The molecule has 3 aromatic carbocycles. The van der Waals surface area contributed by atoms with Crippen LogP contribution in [-0.2, 0) is 0 Å². The van der Waals surface area contributed by atoms with Crippen LogP contribution in [0.4, 0.5) is 5.69 Å². The third kappa shape index (κ3) is 3.24. The number of rotatable bonds is 3. The molecule has 0 bridgehead atoms. The molecule has 1 heterocycles. The van der Waals surface area contributed by atoms with Crippen molar-refractivity contribution in [2.75, 3.05) is 5.73 Å². The number of nitrogens with zero attached hydrogens (tertiary/aromatic N) is 1. The van der Waals surface area contributed by atoms with Crippen LogP contribution in [0.3, 0.4) is 0 Å². The molecule has 0 aliphatic heterocycles. The second-order valence-electron chi connectivity index (χ2n) is 6.47. The van der Waals surface area contributed by atoms with Crippen molar-refractivity contribution in [3.8, 4) is 11.3 Å². The molecule has 0 fully saturated rings. The van der Waals surface area contributed by atoms with Gasteiger partial charge in [-0.1, -0.05) is 64.0 Å². The summed E-state index contributed by atoms with van der Waals surface area (Å²) in [6.07, 6.45) is 0. The number of carbonyl (C=O) groups is 1. The molecule has 0 spiro atoms. The van der Waals surface area contributed by atoms with Crippen molar-refractivity contribution in [2.45, 2.75) is 6.92 Å². The van der Waals surface area contributed by atoms with E-state index in [0.717, 1.165) is 26.5 Å². The van der Waals surface area contributed by atoms with E-state index in [1.54, 1.807) is 12.1 Å². The molecule has 4 aromatic rings. The zero-order chi connectivity index (χ0) is 19.0. The van der Waals surface area contributed by atoms with Gasteiger partial charge < -0.3 is 5.73 Å². The van der Waals surface area contributed by atoms with E-state index < -0.39 is 0 Å². The first-order valence-electron chi connectivity index (χ1n) is 8.60. The van der Waals surface area contributed by atoms with Gasteiger partial charge in [0.2, 0.25) is 0 Å². The Bertz CT molecular complexity index is 1150. The number of carbonyl (C=O) groups excluding carboxylic acids is 1. The summed E-state index contributed by atoms with van der Waals surface area (Å²) in [6, 6.07) is 22.9. The molecule has 0 saturated heterocycles. The Kier molecular flexibility index (Phi) is 4.50. The average Bonchev–Trinajstić information content (AvgIpc) is 2.69. The Labute approximate surface area is 166 Å². The Balaban J connectivity index is 2.00. The first-order valence-corrected chi connectivity index (χ1v) is 9.39. The van der Waals surface area contributed by atoms with Gasteiger partial charge in [-0.2, -0.15) is 0 Å². The third-order valence-electron chi connectivity index (χ3n) is 4.59. The maximum atomic E-state index is 13.3. The van der Waals surface area contributed by atoms with Crippen molar-refractivity contribution >= 4 is 38.3 Å². The number of pyridine rings is 1. The second-order valence-corrected chi connectivity index (χ2v) is 7.38. The fourth-order valence-corrected chi connectivity index (χ4v) is 3.40. The molecule has 0 saturated carbocycles. The lowest BCUT2D eigenvalue weighted by molar-refractivity contribution is 0.104. The number of nitrogen functional groups attached to an aromatic ring is 1. The predicted molar refractivity (Wildman–Crippen MR) is 114 cm³/mol. The van der Waals surface area contributed by atoms with E-state index in [2.05, 4.69) is 15.9 Å². The van der Waals surface area contributed by atoms with Crippen molar-refractivity contribution in [1.82, 2.24) is 4.98 Å². The molecule has 0 aliphatic rings. The number of fused-ring (bicyclic) bond motifs is 1. The van der Waals surface area contributed by atoms with Gasteiger partial charge in [-0.15, -0.1) is 0 Å². The minimum Gasteiger partial charge on any atom is -0.398 e. The van der Waals surface area contributed by atoms with Gasteiger partial charge in [0.25, 0.3) is 0 Å². The number of aromatic nitrogens is 1. The molecule has 4 heteroatoms. The van der Waals surface area contributed by atoms with Gasteiger partial charge in [-0.25, -0.2) is 4.98 Å². The van der Waals surface area contributed by atoms with Crippen molar-refractivity contribution in [2.24, 2.45) is 0 Å². The minimum absolute atomic E-state index is 0.131. The summed E-state index contributed by atoms with van der Waals surface area (Å²) in [5.74, 6) is -0.131. The summed E-state index contributed by atoms with van der Waals surface area (Å²) < 4.78 is 0.919. The van der Waals surface area contributed by atoms with Crippen LogP contribution in [0.15, 0.2) is 77.3 Å². The molecule has 2 N–H and O–H groups in total. The highest BCUT2D eigenvalue weighted by molar-refractivity contribution is 9.10. The third-order valence-corrected chi connectivity index (χ3v) is 5.12. The van der Waals surface area contributed by atoms with Crippen LogP contribution in [-0.4, -0.2) is 10.8 Å². The summed E-state index contributed by atoms with van der Waals surface area (Å²) in [7, 11) is 0. The van der Waals surface area contributed by atoms with E-state index in [9.17, 15) is 4.79 Å². The minimum atomic E-state index is -0.131. The van der Waals surface area contributed by atoms with E-state index in [4.69, 9.17) is 10.7 Å². The highest BCUT2D eigenvalue weighted by Crippen LogP contribution is 2.34. The number of anilines is 1. The lowest BCUT2D eigenvalue weighted by Gasteiger charge is -2.14. The first kappa shape index (κ1) is 17.4. The van der Waals surface area contributed by atoms with Gasteiger partial charge in [0, 0.05) is 21.0 Å². The standard InChI is InChI=1S/C23H17BrN2O/c1-14-6-8-15(9-7-14)22-20(23(27)16-10-12-17(24)13-11-16)21(25)18-4-2-3-5-19(18)26-22/h2-13H,1H3,(H2,25,26). The monoisotopic (exact) mass is 416 g/mol. The average molecular weight is 417 g/mol. The first-order chi connectivity index (χ1) is 13.0. The fourth-order valence-electron chi connectivity index (χ4n) is 3.13. The van der Waals surface area contributed by atoms with Crippen LogP contribution in [0, 0.1) is 6.92 Å². The number of benzene rings is 3. The lowest BCUT2D eigenvalue weighted by atomic mass is 9.94.